The van der Waals surface area contributed by atoms with Gasteiger partial charge in [0.2, 0.25) is 5.88 Å². The van der Waals surface area contributed by atoms with Crippen LogP contribution in [-0.2, 0) is 0 Å². The van der Waals surface area contributed by atoms with Gasteiger partial charge in [0, 0.05) is 18.3 Å². The third kappa shape index (κ3) is 5.67. The molecule has 1 aliphatic rings. The number of amides is 1. The van der Waals surface area contributed by atoms with E-state index in [0.29, 0.717) is 17.7 Å². The highest BCUT2D eigenvalue weighted by Crippen LogP contribution is 2.32. The Morgan fingerprint density at radius 1 is 1.32 bits per heavy atom. The summed E-state index contributed by atoms with van der Waals surface area (Å²) in [5.41, 5.74) is 1.05. The van der Waals surface area contributed by atoms with Crippen molar-refractivity contribution < 1.29 is 14.6 Å². The summed E-state index contributed by atoms with van der Waals surface area (Å²) in [4.78, 5) is 21.6. The molecular weight excluding hydrogens is 356 g/mol. The third-order valence-electron chi connectivity index (χ3n) is 5.29. The van der Waals surface area contributed by atoms with Gasteiger partial charge in [0.05, 0.1) is 7.11 Å². The Morgan fingerprint density at radius 3 is 2.57 bits per heavy atom. The Kier molecular flexibility index (Phi) is 8.23. The molecule has 1 aromatic rings. The molecule has 7 heteroatoms. The normalized spacial score (nSPS) is 16.6. The summed E-state index contributed by atoms with van der Waals surface area (Å²) in [5.74, 6) is 1.07. The number of hydrogen-bond acceptors (Lipinski definition) is 6. The lowest BCUT2D eigenvalue weighted by Gasteiger charge is -2.29. The number of rotatable bonds is 10. The zero-order chi connectivity index (χ0) is 20.7. The van der Waals surface area contributed by atoms with Crippen molar-refractivity contribution in [2.24, 2.45) is 17.8 Å². The van der Waals surface area contributed by atoms with Crippen LogP contribution in [0.4, 0.5) is 5.82 Å². The number of nitrogens with zero attached hydrogens (tertiary/aromatic N) is 2. The molecular formula is C21H34N4O3. The molecule has 1 amide bonds. The van der Waals surface area contributed by atoms with E-state index in [4.69, 9.17) is 4.74 Å². The van der Waals surface area contributed by atoms with Crippen molar-refractivity contribution in [3.63, 3.8) is 0 Å². The number of carbonyl (C=O) groups is 1. The van der Waals surface area contributed by atoms with Crippen LogP contribution in [0.3, 0.4) is 0 Å². The highest BCUT2D eigenvalue weighted by Gasteiger charge is 2.32. The first-order valence-electron chi connectivity index (χ1n) is 10.1. The van der Waals surface area contributed by atoms with Gasteiger partial charge in [-0.15, -0.1) is 0 Å². The van der Waals surface area contributed by atoms with E-state index >= 15 is 0 Å². The molecule has 2 atom stereocenters. The van der Waals surface area contributed by atoms with Crippen molar-refractivity contribution in [1.82, 2.24) is 15.3 Å². The number of nitrogens with one attached hydrogen (secondary N) is 2. The molecule has 0 aliphatic heterocycles. The molecule has 0 radical (unpaired) electrons. The Labute approximate surface area is 168 Å². The van der Waals surface area contributed by atoms with Crippen molar-refractivity contribution in [2.75, 3.05) is 19.0 Å². The second-order valence-corrected chi connectivity index (χ2v) is 8.14. The fourth-order valence-electron chi connectivity index (χ4n) is 3.91. The van der Waals surface area contributed by atoms with Crippen molar-refractivity contribution >= 4 is 11.7 Å². The standard InChI is InChI=1S/C21H34N4O3/c1-13(2)10-15(4)24-19-17(21(28-5)23-12-22-19)20(27)25-18(14(3)11-26)16-8-6-7-9-16/h12-14,16,18,26H,4,6-11H2,1-3,5H3,(H,25,27)(H,22,23,24). The number of aliphatic hydroxyl groups excluding tert-OH is 1. The molecule has 1 saturated carbocycles. The van der Waals surface area contributed by atoms with Crippen LogP contribution in [0.5, 0.6) is 5.88 Å². The average molecular weight is 391 g/mol. The van der Waals surface area contributed by atoms with Gasteiger partial charge in [0.1, 0.15) is 17.7 Å². The van der Waals surface area contributed by atoms with E-state index in [9.17, 15) is 9.90 Å². The molecule has 7 nitrogen and oxygen atoms in total. The lowest BCUT2D eigenvalue weighted by atomic mass is 9.88. The van der Waals surface area contributed by atoms with Crippen molar-refractivity contribution in [3.8, 4) is 5.88 Å². The average Bonchev–Trinajstić information content (AvgIpc) is 3.18. The van der Waals surface area contributed by atoms with Gasteiger partial charge in [-0.3, -0.25) is 4.79 Å². The minimum absolute atomic E-state index is 0.0279. The highest BCUT2D eigenvalue weighted by molar-refractivity contribution is 6.01. The first-order valence-corrected chi connectivity index (χ1v) is 10.1. The van der Waals surface area contributed by atoms with Gasteiger partial charge in [0.25, 0.3) is 5.91 Å². The number of ether oxygens (including phenoxy) is 1. The molecule has 28 heavy (non-hydrogen) atoms. The molecule has 2 rings (SSSR count). The summed E-state index contributed by atoms with van der Waals surface area (Å²) in [5, 5.41) is 16.0. The molecule has 0 spiro atoms. The predicted octanol–water partition coefficient (Wildman–Crippen LogP) is 3.37. The lowest BCUT2D eigenvalue weighted by Crippen LogP contribution is -2.45. The largest absolute Gasteiger partial charge is 0.480 e. The molecule has 1 heterocycles. The van der Waals surface area contributed by atoms with E-state index in [-0.39, 0.29) is 35.9 Å². The van der Waals surface area contributed by atoms with Crippen LogP contribution in [0, 0.1) is 17.8 Å². The van der Waals surface area contributed by atoms with Gasteiger partial charge < -0.3 is 20.5 Å². The van der Waals surface area contributed by atoms with Crippen LogP contribution < -0.4 is 15.4 Å². The molecule has 1 aromatic heterocycles. The van der Waals surface area contributed by atoms with Crippen LogP contribution >= 0.6 is 0 Å². The van der Waals surface area contributed by atoms with Crippen molar-refractivity contribution in [1.29, 1.82) is 0 Å². The molecule has 0 saturated heterocycles. The van der Waals surface area contributed by atoms with Gasteiger partial charge in [-0.1, -0.05) is 40.2 Å². The Hall–Kier alpha value is -2.15. The van der Waals surface area contributed by atoms with Crippen LogP contribution in [0.1, 0.15) is 63.2 Å². The number of allylic oxidation sites excluding steroid dienone is 1. The molecule has 1 fully saturated rings. The fraction of sp³-hybridized carbons (Fsp3) is 0.667. The first kappa shape index (κ1) is 22.1. The first-order chi connectivity index (χ1) is 13.4. The van der Waals surface area contributed by atoms with Crippen LogP contribution in [0.2, 0.25) is 0 Å². The quantitative estimate of drug-likeness (QED) is 0.567. The number of methoxy groups -OCH3 is 1. The van der Waals surface area contributed by atoms with E-state index < -0.39 is 0 Å². The second kappa shape index (κ2) is 10.4. The Morgan fingerprint density at radius 2 is 2.00 bits per heavy atom. The number of anilines is 1. The summed E-state index contributed by atoms with van der Waals surface area (Å²) in [6.07, 6.45) is 6.58. The number of hydrogen-bond donors (Lipinski definition) is 3. The molecule has 0 bridgehead atoms. The fourth-order valence-corrected chi connectivity index (χ4v) is 3.91. The second-order valence-electron chi connectivity index (χ2n) is 8.14. The summed E-state index contributed by atoms with van der Waals surface area (Å²) < 4.78 is 5.33. The van der Waals surface area contributed by atoms with Crippen molar-refractivity contribution in [3.05, 3.63) is 24.2 Å². The van der Waals surface area contributed by atoms with Gasteiger partial charge >= 0.3 is 0 Å². The van der Waals surface area contributed by atoms with E-state index in [1.165, 1.54) is 13.4 Å². The van der Waals surface area contributed by atoms with Gasteiger partial charge in [0.15, 0.2) is 0 Å². The smallest absolute Gasteiger partial charge is 0.260 e. The topological polar surface area (TPSA) is 96.4 Å². The summed E-state index contributed by atoms with van der Waals surface area (Å²) in [7, 11) is 1.48. The highest BCUT2D eigenvalue weighted by atomic mass is 16.5. The van der Waals surface area contributed by atoms with E-state index in [1.807, 2.05) is 6.92 Å². The monoisotopic (exact) mass is 390 g/mol. The summed E-state index contributed by atoms with van der Waals surface area (Å²) in [6, 6.07) is -0.100. The lowest BCUT2D eigenvalue weighted by molar-refractivity contribution is 0.0872. The molecule has 156 valence electrons. The maximum Gasteiger partial charge on any atom is 0.260 e. The minimum Gasteiger partial charge on any atom is -0.480 e. The van der Waals surface area contributed by atoms with E-state index in [0.717, 1.165) is 37.8 Å². The Bertz CT molecular complexity index is 672. The SMILES string of the molecule is C=C(CC(C)C)Nc1ncnc(OC)c1C(=O)NC(C(C)CO)C1CCCC1. The summed E-state index contributed by atoms with van der Waals surface area (Å²) >= 11 is 0. The van der Waals surface area contributed by atoms with Crippen LogP contribution in [0.25, 0.3) is 0 Å². The van der Waals surface area contributed by atoms with Crippen LogP contribution in [-0.4, -0.2) is 40.7 Å². The zero-order valence-corrected chi connectivity index (χ0v) is 17.5. The third-order valence-corrected chi connectivity index (χ3v) is 5.29. The van der Waals surface area contributed by atoms with E-state index in [1.54, 1.807) is 0 Å². The van der Waals surface area contributed by atoms with E-state index in [2.05, 4.69) is 41.0 Å². The number of aromatic nitrogens is 2. The maximum absolute atomic E-state index is 13.2. The van der Waals surface area contributed by atoms with Crippen LogP contribution in [0.15, 0.2) is 18.6 Å². The van der Waals surface area contributed by atoms with Crippen molar-refractivity contribution in [2.45, 2.75) is 58.9 Å². The zero-order valence-electron chi connectivity index (χ0n) is 17.5. The molecule has 3 N–H and O–H groups in total. The molecule has 2 unspecified atom stereocenters. The maximum atomic E-state index is 13.2. The minimum atomic E-state index is -0.297. The van der Waals surface area contributed by atoms with Gasteiger partial charge in [-0.25, -0.2) is 9.97 Å². The molecule has 1 aliphatic carbocycles. The number of aliphatic hydroxyl groups is 1. The predicted molar refractivity (Wildman–Crippen MR) is 110 cm³/mol. The number of carbonyl (C=O) groups excluding carboxylic acids is 1. The Balaban J connectivity index is 2.27. The van der Waals surface area contributed by atoms with Gasteiger partial charge in [-0.2, -0.15) is 0 Å². The van der Waals surface area contributed by atoms with Gasteiger partial charge in [-0.05, 0) is 37.0 Å². The molecule has 0 aromatic carbocycles. The summed E-state index contributed by atoms with van der Waals surface area (Å²) in [6.45, 7) is 10.2.